The van der Waals surface area contributed by atoms with E-state index in [1.807, 2.05) is 19.2 Å². The van der Waals surface area contributed by atoms with Gasteiger partial charge in [0.2, 0.25) is 0 Å². The molecule has 84 valence electrons. The number of hydrogen-bond donors (Lipinski definition) is 1. The van der Waals surface area contributed by atoms with Crippen molar-refractivity contribution in [3.8, 4) is 0 Å². The van der Waals surface area contributed by atoms with Gasteiger partial charge >= 0.3 is 6.09 Å². The fourth-order valence-electron chi connectivity index (χ4n) is 1.25. The molecule has 0 atom stereocenters. The van der Waals surface area contributed by atoms with Crippen molar-refractivity contribution in [2.75, 3.05) is 0 Å². The second-order valence-electron chi connectivity index (χ2n) is 3.53. The zero-order valence-corrected chi connectivity index (χ0v) is 10.2. The summed E-state index contributed by atoms with van der Waals surface area (Å²) in [6.45, 7) is 6.34. The van der Waals surface area contributed by atoms with Crippen LogP contribution in [0.3, 0.4) is 0 Å². The molecule has 0 aliphatic carbocycles. The molecule has 0 bridgehead atoms. The van der Waals surface area contributed by atoms with Crippen LogP contribution in [0.25, 0.3) is 0 Å². The van der Waals surface area contributed by atoms with Crippen LogP contribution in [-0.4, -0.2) is 12.2 Å². The summed E-state index contributed by atoms with van der Waals surface area (Å²) in [5.41, 5.74) is 1.30. The van der Waals surface area contributed by atoms with Crippen molar-refractivity contribution in [2.45, 2.75) is 39.8 Å². The maximum atomic E-state index is 11.2. The van der Waals surface area contributed by atoms with Crippen LogP contribution in [0.15, 0.2) is 11.4 Å². The van der Waals surface area contributed by atoms with Gasteiger partial charge in [-0.2, -0.15) is 0 Å². The number of carbonyl (C=O) groups excluding carboxylic acids is 1. The molecule has 0 spiro atoms. The molecule has 0 unspecified atom stereocenters. The molecule has 0 aromatic carbocycles. The van der Waals surface area contributed by atoms with Gasteiger partial charge in [0, 0.05) is 4.88 Å². The largest absolute Gasteiger partial charge is 0.447 e. The molecular formula is C11H17NO2S. The van der Waals surface area contributed by atoms with Crippen LogP contribution in [0.2, 0.25) is 0 Å². The Bertz CT molecular complexity index is 320. The summed E-state index contributed by atoms with van der Waals surface area (Å²) in [6, 6.07) is 2.09. The van der Waals surface area contributed by atoms with E-state index in [9.17, 15) is 4.79 Å². The van der Waals surface area contributed by atoms with Gasteiger partial charge in [0.05, 0.1) is 12.6 Å². The summed E-state index contributed by atoms with van der Waals surface area (Å²) in [5, 5.41) is 4.79. The summed E-state index contributed by atoms with van der Waals surface area (Å²) in [4.78, 5) is 12.4. The quantitative estimate of drug-likeness (QED) is 0.858. The third-order valence-corrected chi connectivity index (χ3v) is 2.92. The highest BCUT2D eigenvalue weighted by atomic mass is 32.1. The minimum Gasteiger partial charge on any atom is -0.447 e. The monoisotopic (exact) mass is 227 g/mol. The lowest BCUT2D eigenvalue weighted by molar-refractivity contribution is 0.115. The van der Waals surface area contributed by atoms with Crippen molar-refractivity contribution in [3.05, 3.63) is 21.9 Å². The number of amides is 1. The van der Waals surface area contributed by atoms with Crippen LogP contribution in [0.4, 0.5) is 4.79 Å². The molecule has 1 N–H and O–H groups in total. The number of rotatable bonds is 4. The zero-order chi connectivity index (χ0) is 11.3. The minimum atomic E-state index is -0.347. The van der Waals surface area contributed by atoms with E-state index in [0.717, 1.165) is 6.42 Å². The Balaban J connectivity index is 2.40. The average Bonchev–Trinajstić information content (AvgIpc) is 2.60. The highest BCUT2D eigenvalue weighted by Gasteiger charge is 2.07. The van der Waals surface area contributed by atoms with Crippen molar-refractivity contribution >= 4 is 17.4 Å². The van der Waals surface area contributed by atoms with Crippen LogP contribution in [0.5, 0.6) is 0 Å². The van der Waals surface area contributed by atoms with Crippen LogP contribution in [-0.2, 0) is 17.7 Å². The maximum Gasteiger partial charge on any atom is 0.407 e. The second-order valence-corrected chi connectivity index (χ2v) is 4.53. The molecule has 1 aromatic rings. The first-order valence-electron chi connectivity index (χ1n) is 5.13. The Labute approximate surface area is 94.5 Å². The standard InChI is InChI=1S/C11H17NO2S/c1-4-9-5-6-15-10(9)7-12-11(13)14-8(2)3/h5-6,8H,4,7H2,1-3H3,(H,12,13). The minimum absolute atomic E-state index is 0.0704. The molecule has 1 aromatic heterocycles. The van der Waals surface area contributed by atoms with Crippen LogP contribution in [0.1, 0.15) is 31.2 Å². The van der Waals surface area contributed by atoms with Crippen molar-refractivity contribution in [2.24, 2.45) is 0 Å². The normalized spacial score (nSPS) is 10.4. The third-order valence-electron chi connectivity index (χ3n) is 1.95. The average molecular weight is 227 g/mol. The first-order chi connectivity index (χ1) is 7.13. The highest BCUT2D eigenvalue weighted by molar-refractivity contribution is 7.10. The third kappa shape index (κ3) is 3.91. The molecule has 15 heavy (non-hydrogen) atoms. The Morgan fingerprint density at radius 2 is 2.33 bits per heavy atom. The lowest BCUT2D eigenvalue weighted by atomic mass is 10.2. The number of aryl methyl sites for hydroxylation is 1. The fraction of sp³-hybridized carbons (Fsp3) is 0.545. The molecule has 0 aliphatic heterocycles. The van der Waals surface area contributed by atoms with Gasteiger partial charge in [0.25, 0.3) is 0 Å². The molecule has 1 heterocycles. The molecule has 1 rings (SSSR count). The molecule has 1 amide bonds. The Kier molecular flexibility index (Phi) is 4.62. The number of alkyl carbamates (subject to hydrolysis) is 1. The fourth-order valence-corrected chi connectivity index (χ4v) is 2.16. The van der Waals surface area contributed by atoms with E-state index in [0.29, 0.717) is 6.54 Å². The van der Waals surface area contributed by atoms with E-state index >= 15 is 0 Å². The first-order valence-corrected chi connectivity index (χ1v) is 6.01. The summed E-state index contributed by atoms with van der Waals surface area (Å²) < 4.78 is 4.98. The van der Waals surface area contributed by atoms with E-state index in [4.69, 9.17) is 4.74 Å². The van der Waals surface area contributed by atoms with E-state index in [1.165, 1.54) is 10.4 Å². The predicted molar refractivity (Wildman–Crippen MR) is 62.2 cm³/mol. The van der Waals surface area contributed by atoms with Crippen molar-refractivity contribution < 1.29 is 9.53 Å². The molecule has 0 saturated carbocycles. The Hall–Kier alpha value is -1.03. The Morgan fingerprint density at radius 1 is 1.60 bits per heavy atom. The van der Waals surface area contributed by atoms with Gasteiger partial charge in [-0.15, -0.1) is 11.3 Å². The highest BCUT2D eigenvalue weighted by Crippen LogP contribution is 2.16. The number of ether oxygens (including phenoxy) is 1. The lowest BCUT2D eigenvalue weighted by Crippen LogP contribution is -2.26. The van der Waals surface area contributed by atoms with E-state index in [-0.39, 0.29) is 12.2 Å². The van der Waals surface area contributed by atoms with Crippen molar-refractivity contribution in [3.63, 3.8) is 0 Å². The van der Waals surface area contributed by atoms with Gasteiger partial charge in [-0.25, -0.2) is 4.79 Å². The molecule has 0 fully saturated rings. The van der Waals surface area contributed by atoms with Gasteiger partial charge in [0.1, 0.15) is 0 Å². The zero-order valence-electron chi connectivity index (χ0n) is 9.37. The number of thiophene rings is 1. The molecule has 0 aliphatic rings. The SMILES string of the molecule is CCc1ccsc1CNC(=O)OC(C)C. The van der Waals surface area contributed by atoms with Gasteiger partial charge in [-0.05, 0) is 37.3 Å². The second kappa shape index (κ2) is 5.75. The number of hydrogen-bond acceptors (Lipinski definition) is 3. The first kappa shape index (κ1) is 12.0. The summed E-state index contributed by atoms with van der Waals surface area (Å²) >= 11 is 1.66. The van der Waals surface area contributed by atoms with Crippen LogP contribution in [0, 0.1) is 0 Å². The van der Waals surface area contributed by atoms with Crippen molar-refractivity contribution in [1.29, 1.82) is 0 Å². The van der Waals surface area contributed by atoms with Gasteiger partial charge < -0.3 is 10.1 Å². The molecule has 0 saturated heterocycles. The van der Waals surface area contributed by atoms with Crippen LogP contribution >= 0.6 is 11.3 Å². The van der Waals surface area contributed by atoms with E-state index in [2.05, 4.69) is 18.3 Å². The van der Waals surface area contributed by atoms with Gasteiger partial charge in [0.15, 0.2) is 0 Å². The molecule has 4 heteroatoms. The smallest absolute Gasteiger partial charge is 0.407 e. The number of carbonyl (C=O) groups is 1. The summed E-state index contributed by atoms with van der Waals surface area (Å²) in [7, 11) is 0. The van der Waals surface area contributed by atoms with Crippen LogP contribution < -0.4 is 5.32 Å². The Morgan fingerprint density at radius 3 is 2.93 bits per heavy atom. The molecule has 3 nitrogen and oxygen atoms in total. The van der Waals surface area contributed by atoms with Crippen molar-refractivity contribution in [1.82, 2.24) is 5.32 Å². The number of nitrogens with one attached hydrogen (secondary N) is 1. The van der Waals surface area contributed by atoms with Gasteiger partial charge in [-0.1, -0.05) is 6.92 Å². The van der Waals surface area contributed by atoms with E-state index in [1.54, 1.807) is 11.3 Å². The molecule has 0 radical (unpaired) electrons. The topological polar surface area (TPSA) is 38.3 Å². The van der Waals surface area contributed by atoms with Gasteiger partial charge in [-0.3, -0.25) is 0 Å². The van der Waals surface area contributed by atoms with E-state index < -0.39 is 0 Å². The predicted octanol–water partition coefficient (Wildman–Crippen LogP) is 2.95. The summed E-state index contributed by atoms with van der Waals surface area (Å²) in [6.07, 6.45) is 0.583. The molecular weight excluding hydrogens is 210 g/mol. The lowest BCUT2D eigenvalue weighted by Gasteiger charge is -2.09. The summed E-state index contributed by atoms with van der Waals surface area (Å²) in [5.74, 6) is 0. The maximum absolute atomic E-state index is 11.2.